The molecule has 146 valence electrons. The number of methoxy groups -OCH3 is 1. The highest BCUT2D eigenvalue weighted by molar-refractivity contribution is 7.99. The van der Waals surface area contributed by atoms with Gasteiger partial charge in [0.2, 0.25) is 11.1 Å². The third-order valence-corrected chi connectivity index (χ3v) is 5.34. The van der Waals surface area contributed by atoms with Gasteiger partial charge in [-0.2, -0.15) is 4.68 Å². The fraction of sp³-hybridized carbons (Fsp3) is 0.300. The summed E-state index contributed by atoms with van der Waals surface area (Å²) in [6.07, 6.45) is 0.709. The number of para-hydroxylation sites is 1. The molecule has 28 heavy (non-hydrogen) atoms. The Balaban J connectivity index is 1.53. The molecule has 0 fully saturated rings. The number of thioether (sulfide) groups is 1. The third-order valence-electron chi connectivity index (χ3n) is 4.42. The Hall–Kier alpha value is -2.87. The van der Waals surface area contributed by atoms with Crippen molar-refractivity contribution in [3.63, 3.8) is 0 Å². The minimum atomic E-state index is -0.0606. The molecule has 3 rings (SSSR count). The standard InChI is InChI=1S/C20H23N5O2S/c1-14-8-9-17(12-15(14)2)25-20(22-23-24-25)28-13-19(26)21-11-10-16-6-4-5-7-18(16)27-3/h4-9,12H,10-11,13H2,1-3H3,(H,21,26). The highest BCUT2D eigenvalue weighted by atomic mass is 32.2. The summed E-state index contributed by atoms with van der Waals surface area (Å²) in [7, 11) is 1.65. The van der Waals surface area contributed by atoms with Crippen LogP contribution in [0.25, 0.3) is 5.69 Å². The summed E-state index contributed by atoms with van der Waals surface area (Å²) < 4.78 is 6.98. The summed E-state index contributed by atoms with van der Waals surface area (Å²) in [6.45, 7) is 4.65. The molecule has 0 unspecified atom stereocenters. The number of aromatic nitrogens is 4. The Kier molecular flexibility index (Phi) is 6.65. The number of hydrogen-bond acceptors (Lipinski definition) is 6. The molecule has 0 radical (unpaired) electrons. The van der Waals surface area contributed by atoms with Gasteiger partial charge in [-0.05, 0) is 65.6 Å². The molecule has 0 saturated carbocycles. The normalized spacial score (nSPS) is 10.7. The van der Waals surface area contributed by atoms with Gasteiger partial charge in [0.05, 0.1) is 18.6 Å². The van der Waals surface area contributed by atoms with E-state index in [0.29, 0.717) is 18.1 Å². The van der Waals surface area contributed by atoms with Gasteiger partial charge in [0, 0.05) is 6.54 Å². The van der Waals surface area contributed by atoms with Gasteiger partial charge < -0.3 is 10.1 Å². The van der Waals surface area contributed by atoms with E-state index in [0.717, 1.165) is 22.6 Å². The summed E-state index contributed by atoms with van der Waals surface area (Å²) in [5.41, 5.74) is 4.32. The number of amides is 1. The monoisotopic (exact) mass is 397 g/mol. The van der Waals surface area contributed by atoms with Crippen molar-refractivity contribution in [2.45, 2.75) is 25.4 Å². The van der Waals surface area contributed by atoms with Crippen LogP contribution in [-0.2, 0) is 11.2 Å². The second kappa shape index (κ2) is 9.36. The summed E-state index contributed by atoms with van der Waals surface area (Å²) in [6, 6.07) is 13.8. The highest BCUT2D eigenvalue weighted by Crippen LogP contribution is 2.20. The number of nitrogens with one attached hydrogen (secondary N) is 1. The third kappa shape index (κ3) is 4.89. The van der Waals surface area contributed by atoms with Gasteiger partial charge in [-0.1, -0.05) is 36.0 Å². The average Bonchev–Trinajstić information content (AvgIpc) is 3.17. The van der Waals surface area contributed by atoms with Crippen LogP contribution in [0.2, 0.25) is 0 Å². The molecule has 0 aliphatic heterocycles. The lowest BCUT2D eigenvalue weighted by Gasteiger charge is -2.09. The Morgan fingerprint density at radius 1 is 1.18 bits per heavy atom. The van der Waals surface area contributed by atoms with Gasteiger partial charge in [-0.15, -0.1) is 5.10 Å². The van der Waals surface area contributed by atoms with Gasteiger partial charge in [0.1, 0.15) is 5.75 Å². The van der Waals surface area contributed by atoms with E-state index in [1.807, 2.05) is 49.4 Å². The lowest BCUT2D eigenvalue weighted by molar-refractivity contribution is -0.118. The predicted molar refractivity (Wildman–Crippen MR) is 109 cm³/mol. The first-order chi connectivity index (χ1) is 13.6. The fourth-order valence-electron chi connectivity index (χ4n) is 2.72. The van der Waals surface area contributed by atoms with E-state index in [9.17, 15) is 4.79 Å². The maximum Gasteiger partial charge on any atom is 0.230 e. The first-order valence-electron chi connectivity index (χ1n) is 8.96. The highest BCUT2D eigenvalue weighted by Gasteiger charge is 2.12. The zero-order chi connectivity index (χ0) is 19.9. The average molecular weight is 398 g/mol. The van der Waals surface area contributed by atoms with Crippen molar-refractivity contribution in [1.82, 2.24) is 25.5 Å². The van der Waals surface area contributed by atoms with Crippen LogP contribution in [-0.4, -0.2) is 45.5 Å². The summed E-state index contributed by atoms with van der Waals surface area (Å²) in [5, 5.41) is 15.3. The molecule has 1 heterocycles. The SMILES string of the molecule is COc1ccccc1CCNC(=O)CSc1nnnn1-c1ccc(C)c(C)c1. The molecule has 1 amide bonds. The molecule has 0 aliphatic carbocycles. The Labute approximate surface area is 168 Å². The minimum Gasteiger partial charge on any atom is -0.496 e. The van der Waals surface area contributed by atoms with Gasteiger partial charge in [-0.25, -0.2) is 0 Å². The van der Waals surface area contributed by atoms with Crippen LogP contribution < -0.4 is 10.1 Å². The van der Waals surface area contributed by atoms with Crippen molar-refractivity contribution in [2.24, 2.45) is 0 Å². The van der Waals surface area contributed by atoms with Crippen molar-refractivity contribution in [2.75, 3.05) is 19.4 Å². The lowest BCUT2D eigenvalue weighted by Crippen LogP contribution is -2.27. The number of ether oxygens (including phenoxy) is 1. The molecule has 0 bridgehead atoms. The molecule has 3 aromatic rings. The number of hydrogen-bond donors (Lipinski definition) is 1. The zero-order valence-corrected chi connectivity index (χ0v) is 17.0. The van der Waals surface area contributed by atoms with E-state index in [1.54, 1.807) is 11.8 Å². The molecule has 0 atom stereocenters. The number of rotatable bonds is 8. The first-order valence-corrected chi connectivity index (χ1v) is 9.94. The van der Waals surface area contributed by atoms with Crippen LogP contribution in [0.1, 0.15) is 16.7 Å². The van der Waals surface area contributed by atoms with Crippen LogP contribution in [0.15, 0.2) is 47.6 Å². The topological polar surface area (TPSA) is 81.9 Å². The smallest absolute Gasteiger partial charge is 0.230 e. The van der Waals surface area contributed by atoms with Crippen LogP contribution >= 0.6 is 11.8 Å². The molecule has 1 N–H and O–H groups in total. The van der Waals surface area contributed by atoms with E-state index < -0.39 is 0 Å². The van der Waals surface area contributed by atoms with Crippen molar-refractivity contribution < 1.29 is 9.53 Å². The predicted octanol–water partition coefficient (Wildman–Crippen LogP) is 2.74. The second-order valence-corrected chi connectivity index (χ2v) is 7.28. The van der Waals surface area contributed by atoms with Crippen LogP contribution in [0.4, 0.5) is 0 Å². The number of carbonyl (C=O) groups excluding carboxylic acids is 1. The van der Waals surface area contributed by atoms with Crippen LogP contribution in [0, 0.1) is 13.8 Å². The first kappa shape index (κ1) is 19.9. The lowest BCUT2D eigenvalue weighted by atomic mass is 10.1. The van der Waals surface area contributed by atoms with E-state index >= 15 is 0 Å². The summed E-state index contributed by atoms with van der Waals surface area (Å²) in [4.78, 5) is 12.2. The summed E-state index contributed by atoms with van der Waals surface area (Å²) in [5.74, 6) is 1.02. The molecule has 8 heteroatoms. The largest absolute Gasteiger partial charge is 0.496 e. The number of aryl methyl sites for hydroxylation is 2. The molecule has 0 spiro atoms. The quantitative estimate of drug-likeness (QED) is 0.589. The minimum absolute atomic E-state index is 0.0606. The van der Waals surface area contributed by atoms with E-state index in [4.69, 9.17) is 4.74 Å². The van der Waals surface area contributed by atoms with Gasteiger partial charge in [0.15, 0.2) is 0 Å². The van der Waals surface area contributed by atoms with Crippen LogP contribution in [0.3, 0.4) is 0 Å². The Bertz CT molecular complexity index is 957. The molecule has 1 aromatic heterocycles. The molecule has 7 nitrogen and oxygen atoms in total. The van der Waals surface area contributed by atoms with E-state index in [-0.39, 0.29) is 11.7 Å². The number of benzene rings is 2. The Morgan fingerprint density at radius 2 is 2.00 bits per heavy atom. The molecule has 2 aromatic carbocycles. The number of tetrazole rings is 1. The van der Waals surface area contributed by atoms with Gasteiger partial charge in [-0.3, -0.25) is 4.79 Å². The molecular formula is C20H23N5O2S. The maximum atomic E-state index is 12.2. The van der Waals surface area contributed by atoms with Crippen molar-refractivity contribution in [1.29, 1.82) is 0 Å². The number of carbonyl (C=O) groups is 1. The Morgan fingerprint density at radius 3 is 2.79 bits per heavy atom. The van der Waals surface area contributed by atoms with Gasteiger partial charge >= 0.3 is 0 Å². The molecule has 0 saturated heterocycles. The fourth-order valence-corrected chi connectivity index (χ4v) is 3.44. The van der Waals surface area contributed by atoms with Crippen molar-refractivity contribution in [3.05, 3.63) is 59.2 Å². The second-order valence-electron chi connectivity index (χ2n) is 6.34. The molecular weight excluding hydrogens is 374 g/mol. The maximum absolute atomic E-state index is 12.2. The van der Waals surface area contributed by atoms with E-state index in [1.165, 1.54) is 17.3 Å². The summed E-state index contributed by atoms with van der Waals surface area (Å²) >= 11 is 1.31. The zero-order valence-electron chi connectivity index (χ0n) is 16.2. The van der Waals surface area contributed by atoms with Gasteiger partial charge in [0.25, 0.3) is 0 Å². The van der Waals surface area contributed by atoms with Crippen molar-refractivity contribution >= 4 is 17.7 Å². The van der Waals surface area contributed by atoms with Crippen molar-refractivity contribution in [3.8, 4) is 11.4 Å². The van der Waals surface area contributed by atoms with E-state index in [2.05, 4.69) is 27.8 Å². The molecule has 0 aliphatic rings. The number of nitrogens with zero attached hydrogens (tertiary/aromatic N) is 4. The van der Waals surface area contributed by atoms with Crippen LogP contribution in [0.5, 0.6) is 5.75 Å².